The van der Waals surface area contributed by atoms with Crippen LogP contribution in [0.25, 0.3) is 10.8 Å². The van der Waals surface area contributed by atoms with Gasteiger partial charge in [-0.2, -0.15) is 5.10 Å². The maximum atomic E-state index is 12.1. The molecule has 1 amide bonds. The maximum Gasteiger partial charge on any atom is 0.278 e. The topological polar surface area (TPSA) is 105 Å². The van der Waals surface area contributed by atoms with Crippen LogP contribution in [0.4, 0.5) is 5.69 Å². The standard InChI is InChI=1S/C19H15N3O4/c23-16-8-9-18(22(25)26)15(10-16)12-20-21-19(24)11-14-6-3-5-13-4-1-2-7-17(13)14/h1-10,12,23H,11H2,(H,21,24)/b20-12+. The molecule has 0 unspecified atom stereocenters. The molecular weight excluding hydrogens is 334 g/mol. The average molecular weight is 349 g/mol. The van der Waals surface area contributed by atoms with Crippen molar-refractivity contribution in [2.45, 2.75) is 6.42 Å². The molecule has 7 heteroatoms. The number of hydrogen-bond donors (Lipinski definition) is 2. The highest BCUT2D eigenvalue weighted by atomic mass is 16.6. The van der Waals surface area contributed by atoms with E-state index in [9.17, 15) is 20.0 Å². The van der Waals surface area contributed by atoms with Gasteiger partial charge in [-0.05, 0) is 28.5 Å². The van der Waals surface area contributed by atoms with Gasteiger partial charge in [-0.3, -0.25) is 14.9 Å². The molecule has 0 spiro atoms. The lowest BCUT2D eigenvalue weighted by molar-refractivity contribution is -0.385. The molecule has 0 heterocycles. The number of aromatic hydroxyl groups is 1. The molecule has 7 nitrogen and oxygen atoms in total. The number of nitrogens with zero attached hydrogens (tertiary/aromatic N) is 2. The van der Waals surface area contributed by atoms with E-state index in [1.807, 2.05) is 42.5 Å². The Hall–Kier alpha value is -3.74. The van der Waals surface area contributed by atoms with Crippen molar-refractivity contribution in [3.8, 4) is 5.75 Å². The molecule has 26 heavy (non-hydrogen) atoms. The molecule has 0 aliphatic heterocycles. The van der Waals surface area contributed by atoms with Crippen LogP contribution in [0, 0.1) is 10.1 Å². The van der Waals surface area contributed by atoms with E-state index < -0.39 is 4.92 Å². The van der Waals surface area contributed by atoms with E-state index in [-0.39, 0.29) is 29.3 Å². The molecule has 3 aromatic carbocycles. The van der Waals surface area contributed by atoms with E-state index in [1.165, 1.54) is 18.2 Å². The van der Waals surface area contributed by atoms with Gasteiger partial charge in [-0.1, -0.05) is 42.5 Å². The smallest absolute Gasteiger partial charge is 0.278 e. The third-order valence-electron chi connectivity index (χ3n) is 3.83. The molecule has 0 saturated carbocycles. The van der Waals surface area contributed by atoms with Crippen molar-refractivity contribution < 1.29 is 14.8 Å². The molecule has 2 N–H and O–H groups in total. The third-order valence-corrected chi connectivity index (χ3v) is 3.83. The summed E-state index contributed by atoms with van der Waals surface area (Å²) in [5.74, 6) is -0.473. The lowest BCUT2D eigenvalue weighted by Crippen LogP contribution is -2.20. The third kappa shape index (κ3) is 3.84. The van der Waals surface area contributed by atoms with Crippen LogP contribution in [0.2, 0.25) is 0 Å². The van der Waals surface area contributed by atoms with Gasteiger partial charge in [0.15, 0.2) is 0 Å². The molecule has 0 radical (unpaired) electrons. The van der Waals surface area contributed by atoms with Crippen LogP contribution in [-0.2, 0) is 11.2 Å². The van der Waals surface area contributed by atoms with Crippen molar-refractivity contribution in [2.75, 3.05) is 0 Å². The Morgan fingerprint density at radius 2 is 1.92 bits per heavy atom. The predicted octanol–water partition coefficient (Wildman–Crippen LogP) is 3.15. The number of nitro groups is 1. The monoisotopic (exact) mass is 349 g/mol. The van der Waals surface area contributed by atoms with Gasteiger partial charge in [-0.25, -0.2) is 5.43 Å². The van der Waals surface area contributed by atoms with Crippen LogP contribution in [0.3, 0.4) is 0 Å². The summed E-state index contributed by atoms with van der Waals surface area (Å²) < 4.78 is 0. The van der Waals surface area contributed by atoms with Crippen molar-refractivity contribution >= 4 is 28.6 Å². The first-order valence-corrected chi connectivity index (χ1v) is 7.80. The van der Waals surface area contributed by atoms with Gasteiger partial charge in [0.2, 0.25) is 5.91 Å². The lowest BCUT2D eigenvalue weighted by Gasteiger charge is -2.05. The van der Waals surface area contributed by atoms with Crippen molar-refractivity contribution in [1.82, 2.24) is 5.43 Å². The predicted molar refractivity (Wildman–Crippen MR) is 98.1 cm³/mol. The van der Waals surface area contributed by atoms with Crippen molar-refractivity contribution in [1.29, 1.82) is 0 Å². The number of rotatable bonds is 5. The molecule has 0 atom stereocenters. The van der Waals surface area contributed by atoms with E-state index in [1.54, 1.807) is 0 Å². The number of carbonyl (C=O) groups excluding carboxylic acids is 1. The first-order valence-electron chi connectivity index (χ1n) is 7.80. The molecule has 0 aromatic heterocycles. The molecule has 0 bridgehead atoms. The Bertz CT molecular complexity index is 1010. The fourth-order valence-corrected chi connectivity index (χ4v) is 2.64. The summed E-state index contributed by atoms with van der Waals surface area (Å²) >= 11 is 0. The van der Waals surface area contributed by atoms with Gasteiger partial charge in [-0.15, -0.1) is 0 Å². The normalized spacial score (nSPS) is 10.9. The number of phenolic OH excluding ortho intramolecular Hbond substituents is 1. The van der Waals surface area contributed by atoms with Gasteiger partial charge in [0.25, 0.3) is 5.69 Å². The zero-order valence-corrected chi connectivity index (χ0v) is 13.6. The first kappa shape index (κ1) is 17.1. The number of hydrogen-bond acceptors (Lipinski definition) is 5. The van der Waals surface area contributed by atoms with Crippen LogP contribution in [-0.4, -0.2) is 22.2 Å². The highest BCUT2D eigenvalue weighted by molar-refractivity contribution is 5.91. The number of nitro benzene ring substituents is 1. The van der Waals surface area contributed by atoms with Crippen molar-refractivity contribution in [3.63, 3.8) is 0 Å². The minimum absolute atomic E-state index is 0.0976. The van der Waals surface area contributed by atoms with Gasteiger partial charge in [0, 0.05) is 6.07 Å². The van der Waals surface area contributed by atoms with Crippen LogP contribution in [0.1, 0.15) is 11.1 Å². The van der Waals surface area contributed by atoms with Crippen LogP contribution >= 0.6 is 0 Å². The Balaban J connectivity index is 1.72. The molecular formula is C19H15N3O4. The van der Waals surface area contributed by atoms with E-state index in [0.717, 1.165) is 22.6 Å². The first-order chi connectivity index (χ1) is 12.5. The number of amides is 1. The number of nitrogens with one attached hydrogen (secondary N) is 1. The highest BCUT2D eigenvalue weighted by Crippen LogP contribution is 2.21. The Morgan fingerprint density at radius 3 is 2.73 bits per heavy atom. The van der Waals surface area contributed by atoms with Crippen LogP contribution in [0.15, 0.2) is 65.8 Å². The van der Waals surface area contributed by atoms with Gasteiger partial charge in [0.05, 0.1) is 23.1 Å². The highest BCUT2D eigenvalue weighted by Gasteiger charge is 2.12. The van der Waals surface area contributed by atoms with Crippen molar-refractivity contribution in [3.05, 3.63) is 81.9 Å². The minimum atomic E-state index is -0.585. The summed E-state index contributed by atoms with van der Waals surface area (Å²) in [7, 11) is 0. The second kappa shape index (κ2) is 7.43. The number of carbonyl (C=O) groups is 1. The number of benzene rings is 3. The number of phenols is 1. The quantitative estimate of drug-likeness (QED) is 0.419. The average Bonchev–Trinajstić information content (AvgIpc) is 2.62. The second-order valence-electron chi connectivity index (χ2n) is 5.61. The summed E-state index contributed by atoms with van der Waals surface area (Å²) in [6, 6.07) is 17.1. The van der Waals surface area contributed by atoms with Gasteiger partial charge in [0.1, 0.15) is 5.75 Å². The molecule has 130 valence electrons. The molecule has 3 rings (SSSR count). The molecule has 0 saturated heterocycles. The minimum Gasteiger partial charge on any atom is -0.508 e. The zero-order chi connectivity index (χ0) is 18.5. The van der Waals surface area contributed by atoms with E-state index >= 15 is 0 Å². The van der Waals surface area contributed by atoms with Crippen LogP contribution < -0.4 is 5.43 Å². The molecule has 3 aromatic rings. The second-order valence-corrected chi connectivity index (χ2v) is 5.61. The Labute approximate surface area is 148 Å². The van der Waals surface area contributed by atoms with E-state index in [0.29, 0.717) is 0 Å². The molecule has 0 aliphatic rings. The largest absolute Gasteiger partial charge is 0.508 e. The van der Waals surface area contributed by atoms with Crippen molar-refractivity contribution in [2.24, 2.45) is 5.10 Å². The Morgan fingerprint density at radius 1 is 1.15 bits per heavy atom. The summed E-state index contributed by atoms with van der Waals surface area (Å²) in [5.41, 5.74) is 3.10. The summed E-state index contributed by atoms with van der Waals surface area (Å²) in [5, 5.41) is 26.2. The van der Waals surface area contributed by atoms with E-state index in [2.05, 4.69) is 10.5 Å². The molecule has 0 fully saturated rings. The van der Waals surface area contributed by atoms with Crippen LogP contribution in [0.5, 0.6) is 5.75 Å². The summed E-state index contributed by atoms with van der Waals surface area (Å²) in [6.45, 7) is 0. The fourth-order valence-electron chi connectivity index (χ4n) is 2.64. The van der Waals surface area contributed by atoms with Gasteiger partial charge >= 0.3 is 0 Å². The summed E-state index contributed by atoms with van der Waals surface area (Å²) in [6.07, 6.45) is 1.26. The van der Waals surface area contributed by atoms with Gasteiger partial charge < -0.3 is 5.11 Å². The molecule has 0 aliphatic carbocycles. The SMILES string of the molecule is O=C(Cc1cccc2ccccc12)N/N=C/c1cc(O)ccc1[N+](=O)[O-]. The number of fused-ring (bicyclic) bond motifs is 1. The maximum absolute atomic E-state index is 12.1. The van der Waals surface area contributed by atoms with E-state index in [4.69, 9.17) is 0 Å². The summed E-state index contributed by atoms with van der Waals surface area (Å²) in [4.78, 5) is 22.5. The fraction of sp³-hybridized carbons (Fsp3) is 0.0526. The Kier molecular flexibility index (Phi) is 4.89. The zero-order valence-electron chi connectivity index (χ0n) is 13.6. The number of hydrazone groups is 1. The lowest BCUT2D eigenvalue weighted by atomic mass is 10.0.